The Kier molecular flexibility index (Phi) is 25.2. The largest absolute Gasteiger partial charge is 0.0683 e. The van der Waals surface area contributed by atoms with Crippen molar-refractivity contribution in [3.8, 4) is 11.1 Å². The van der Waals surface area contributed by atoms with Gasteiger partial charge < -0.3 is 0 Å². The quantitative estimate of drug-likeness (QED) is 0.165. The molecule has 65 heavy (non-hydrogen) atoms. The Morgan fingerprint density at radius 3 is 0.954 bits per heavy atom. The Morgan fingerprint density at radius 2 is 0.708 bits per heavy atom. The van der Waals surface area contributed by atoms with Gasteiger partial charge in [-0.05, 0) is 114 Å². The Labute approximate surface area is 403 Å². The lowest BCUT2D eigenvalue weighted by Gasteiger charge is -2.27. The molecule has 5 aromatic carbocycles. The molecule has 0 amide bonds. The summed E-state index contributed by atoms with van der Waals surface area (Å²) < 4.78 is 0. The molecule has 1 aliphatic rings. The van der Waals surface area contributed by atoms with E-state index in [9.17, 15) is 0 Å². The SMILES string of the molecule is CC.CCC(C)C1=CC=C(C(C)(C)C)CC1.CCCc1ccc(C(C)(C)C)cc1.Cc1ccc(-c2ccc(C)cc2)cc1.Cc1ccc(C(C)(C)C)cc1.Cc1ccc(C(C)(C)C)cc1. The van der Waals surface area contributed by atoms with Crippen LogP contribution in [-0.2, 0) is 22.7 Å². The Hall–Kier alpha value is -4.42. The monoisotopic (exact) mass is 877 g/mol. The normalized spacial score (nSPS) is 12.9. The van der Waals surface area contributed by atoms with E-state index < -0.39 is 0 Å². The minimum atomic E-state index is 0.282. The second-order valence-electron chi connectivity index (χ2n) is 22.2. The first kappa shape index (κ1) is 58.6. The molecule has 0 N–H and O–H groups in total. The summed E-state index contributed by atoms with van der Waals surface area (Å²) in [4.78, 5) is 0. The standard InChI is InChI=1S/C14H14.C14H24.C13H20.2C11H16.C2H6/c1-11-3-7-13(8-4-11)14-9-5-12(2)6-10-14;1-6-11(2)12-7-9-13(10-8-12)14(3,4)5;1-5-6-11-7-9-12(10-8-11)13(2,3)4;2*1-9-5-7-10(8-6-9)11(2,3)4;1-2/h3-10H,1-2H3;7,9,11H,6,8,10H2,1-5H3;7-10H,5-6H2,1-4H3;2*5-8H,1-4H3;1-2H3. The second kappa shape index (κ2) is 27.9. The molecule has 1 unspecified atom stereocenters. The van der Waals surface area contributed by atoms with Crippen LogP contribution in [0.5, 0.6) is 0 Å². The molecule has 0 radical (unpaired) electrons. The van der Waals surface area contributed by atoms with Gasteiger partial charge >= 0.3 is 0 Å². The summed E-state index contributed by atoms with van der Waals surface area (Å²) in [5.74, 6) is 0.771. The summed E-state index contributed by atoms with van der Waals surface area (Å²) in [6.07, 6.45) is 10.9. The highest BCUT2D eigenvalue weighted by Crippen LogP contribution is 2.35. The Balaban J connectivity index is 0.000000404. The molecule has 0 spiro atoms. The van der Waals surface area contributed by atoms with E-state index in [0.717, 1.165) is 5.92 Å². The molecule has 0 heterocycles. The average molecular weight is 877 g/mol. The fourth-order valence-corrected chi connectivity index (χ4v) is 7.01. The fraction of sp³-hybridized carbons (Fsp3) is 0.477. The van der Waals surface area contributed by atoms with E-state index in [1.165, 1.54) is 87.7 Å². The highest BCUT2D eigenvalue weighted by atomic mass is 14.3. The molecule has 0 aromatic heterocycles. The van der Waals surface area contributed by atoms with E-state index in [1.54, 1.807) is 11.1 Å². The summed E-state index contributed by atoms with van der Waals surface area (Å²) in [5.41, 5.74) is 18.0. The van der Waals surface area contributed by atoms with Crippen LogP contribution >= 0.6 is 0 Å². The summed E-state index contributed by atoms with van der Waals surface area (Å²) in [6.45, 7) is 46.4. The first-order chi connectivity index (χ1) is 30.2. The first-order valence-electron chi connectivity index (χ1n) is 25.0. The van der Waals surface area contributed by atoms with Crippen LogP contribution in [0.1, 0.15) is 188 Å². The van der Waals surface area contributed by atoms with Crippen molar-refractivity contribution in [2.24, 2.45) is 11.3 Å². The van der Waals surface area contributed by atoms with Crippen molar-refractivity contribution in [2.75, 3.05) is 0 Å². The van der Waals surface area contributed by atoms with Gasteiger partial charge in [0.15, 0.2) is 0 Å². The van der Waals surface area contributed by atoms with E-state index in [1.807, 2.05) is 13.8 Å². The maximum absolute atomic E-state index is 2.36. The third-order valence-electron chi connectivity index (χ3n) is 12.0. The molecule has 0 heteroatoms. The minimum Gasteiger partial charge on any atom is -0.0683 e. The van der Waals surface area contributed by atoms with Gasteiger partial charge in [0.05, 0.1) is 0 Å². The molecule has 356 valence electrons. The van der Waals surface area contributed by atoms with Gasteiger partial charge in [0.25, 0.3) is 0 Å². The van der Waals surface area contributed by atoms with Gasteiger partial charge in [-0.2, -0.15) is 0 Å². The smallest absolute Gasteiger partial charge is 0.0132 e. The predicted molar refractivity (Wildman–Crippen MR) is 296 cm³/mol. The van der Waals surface area contributed by atoms with Crippen LogP contribution < -0.4 is 0 Å². The van der Waals surface area contributed by atoms with Gasteiger partial charge in [-0.3, -0.25) is 0 Å². The molecule has 1 aliphatic carbocycles. The van der Waals surface area contributed by atoms with E-state index in [-0.39, 0.29) is 16.2 Å². The van der Waals surface area contributed by atoms with Gasteiger partial charge in [0.2, 0.25) is 0 Å². The number of aryl methyl sites for hydroxylation is 5. The maximum Gasteiger partial charge on any atom is -0.0132 e. The van der Waals surface area contributed by atoms with E-state index >= 15 is 0 Å². The fourth-order valence-electron chi connectivity index (χ4n) is 7.01. The number of rotatable bonds is 5. The van der Waals surface area contributed by atoms with E-state index in [2.05, 4.69) is 265 Å². The Morgan fingerprint density at radius 1 is 0.400 bits per heavy atom. The molecule has 5 aromatic rings. The molecule has 1 atom stereocenters. The van der Waals surface area contributed by atoms with Crippen molar-refractivity contribution in [3.05, 3.63) is 189 Å². The van der Waals surface area contributed by atoms with Crippen molar-refractivity contribution in [2.45, 2.75) is 194 Å². The molecule has 0 fully saturated rings. The highest BCUT2D eigenvalue weighted by Gasteiger charge is 2.20. The number of hydrogen-bond acceptors (Lipinski definition) is 0. The van der Waals surface area contributed by atoms with Crippen molar-refractivity contribution < 1.29 is 0 Å². The summed E-state index contributed by atoms with van der Waals surface area (Å²) in [5, 5.41) is 0. The van der Waals surface area contributed by atoms with Crippen LogP contribution in [0.3, 0.4) is 0 Å². The summed E-state index contributed by atoms with van der Waals surface area (Å²) in [6, 6.07) is 43.8. The molecular weight excluding hydrogens is 781 g/mol. The molecule has 6 rings (SSSR count). The van der Waals surface area contributed by atoms with Crippen LogP contribution in [0, 0.1) is 39.0 Å². The number of benzene rings is 5. The number of hydrogen-bond donors (Lipinski definition) is 0. The zero-order valence-corrected chi connectivity index (χ0v) is 45.8. The van der Waals surface area contributed by atoms with Gasteiger partial charge in [-0.15, -0.1) is 0 Å². The average Bonchev–Trinajstić information content (AvgIpc) is 3.25. The lowest BCUT2D eigenvalue weighted by molar-refractivity contribution is 0.473. The Bertz CT molecular complexity index is 1970. The minimum absolute atomic E-state index is 0.282. The van der Waals surface area contributed by atoms with Gasteiger partial charge in [0.1, 0.15) is 0 Å². The van der Waals surface area contributed by atoms with Crippen LogP contribution in [0.2, 0.25) is 0 Å². The van der Waals surface area contributed by atoms with Gasteiger partial charge in [0, 0.05) is 0 Å². The molecule has 0 saturated carbocycles. The maximum atomic E-state index is 2.36. The third-order valence-corrected chi connectivity index (χ3v) is 12.0. The van der Waals surface area contributed by atoms with E-state index in [0.29, 0.717) is 5.41 Å². The molecule has 0 aliphatic heterocycles. The van der Waals surface area contributed by atoms with Crippen molar-refractivity contribution in [1.82, 2.24) is 0 Å². The van der Waals surface area contributed by atoms with E-state index in [4.69, 9.17) is 0 Å². The summed E-state index contributed by atoms with van der Waals surface area (Å²) in [7, 11) is 0. The topological polar surface area (TPSA) is 0 Å². The highest BCUT2D eigenvalue weighted by molar-refractivity contribution is 5.63. The van der Waals surface area contributed by atoms with Crippen molar-refractivity contribution in [1.29, 1.82) is 0 Å². The lowest BCUT2D eigenvalue weighted by atomic mass is 9.78. The zero-order chi connectivity index (χ0) is 49.6. The van der Waals surface area contributed by atoms with Gasteiger partial charge in [-0.25, -0.2) is 0 Å². The molecular formula is C65H96. The van der Waals surface area contributed by atoms with Crippen LogP contribution in [0.4, 0.5) is 0 Å². The molecule has 0 nitrogen and oxygen atoms in total. The predicted octanol–water partition coefficient (Wildman–Crippen LogP) is 20.2. The first-order valence-corrected chi connectivity index (χ1v) is 25.0. The van der Waals surface area contributed by atoms with Crippen molar-refractivity contribution in [3.63, 3.8) is 0 Å². The van der Waals surface area contributed by atoms with Crippen LogP contribution in [0.15, 0.2) is 145 Å². The third kappa shape index (κ3) is 23.0. The molecule has 0 saturated heterocycles. The van der Waals surface area contributed by atoms with Crippen LogP contribution in [-0.4, -0.2) is 0 Å². The lowest BCUT2D eigenvalue weighted by Crippen LogP contribution is -2.12. The van der Waals surface area contributed by atoms with Crippen LogP contribution in [0.25, 0.3) is 11.1 Å². The molecule has 0 bridgehead atoms. The second-order valence-corrected chi connectivity index (χ2v) is 22.2. The zero-order valence-electron chi connectivity index (χ0n) is 45.8. The number of allylic oxidation sites excluding steroid dienone is 4. The van der Waals surface area contributed by atoms with Gasteiger partial charge in [-0.1, -0.05) is 291 Å². The summed E-state index contributed by atoms with van der Waals surface area (Å²) >= 11 is 0. The van der Waals surface area contributed by atoms with Crippen molar-refractivity contribution >= 4 is 0 Å².